The zero-order chi connectivity index (χ0) is 15.4. The quantitative estimate of drug-likeness (QED) is 0.839. The molecule has 1 aliphatic heterocycles. The largest absolute Gasteiger partial charge is 0.387 e. The van der Waals surface area contributed by atoms with Crippen molar-refractivity contribution in [1.82, 2.24) is 9.80 Å². The van der Waals surface area contributed by atoms with E-state index in [1.54, 1.807) is 17.9 Å². The van der Waals surface area contributed by atoms with E-state index in [0.29, 0.717) is 32.7 Å². The molecule has 0 radical (unpaired) electrons. The van der Waals surface area contributed by atoms with E-state index >= 15 is 0 Å². The van der Waals surface area contributed by atoms with Gasteiger partial charge in [0.25, 0.3) is 0 Å². The summed E-state index contributed by atoms with van der Waals surface area (Å²) >= 11 is 0. The second-order valence-corrected chi connectivity index (χ2v) is 5.36. The summed E-state index contributed by atoms with van der Waals surface area (Å²) < 4.78 is 13.1. The first-order valence-electron chi connectivity index (χ1n) is 7.06. The Morgan fingerprint density at radius 1 is 1.33 bits per heavy atom. The standard InChI is InChI=1S/C15H21FN2O3/c1-11-8-12(16)2-3-13(11)14(20)9-17-4-6-18(7-5-17)15(21)10-19/h2-3,8,14,19-20H,4-7,9-10H2,1H3. The number of carbonyl (C=O) groups excluding carboxylic acids is 1. The van der Waals surface area contributed by atoms with Gasteiger partial charge >= 0.3 is 0 Å². The minimum absolute atomic E-state index is 0.260. The average Bonchev–Trinajstić information content (AvgIpc) is 2.47. The number of hydrogen-bond donors (Lipinski definition) is 2. The smallest absolute Gasteiger partial charge is 0.248 e. The Hall–Kier alpha value is -1.50. The first-order valence-corrected chi connectivity index (χ1v) is 7.06. The number of amides is 1. The third-order valence-corrected chi connectivity index (χ3v) is 3.88. The highest BCUT2D eigenvalue weighted by molar-refractivity contribution is 5.77. The molecule has 0 spiro atoms. The summed E-state index contributed by atoms with van der Waals surface area (Å²) in [6, 6.07) is 4.38. The average molecular weight is 296 g/mol. The number of rotatable bonds is 4. The van der Waals surface area contributed by atoms with Crippen LogP contribution < -0.4 is 0 Å². The van der Waals surface area contributed by atoms with Gasteiger partial charge in [-0.3, -0.25) is 9.69 Å². The van der Waals surface area contributed by atoms with Crippen molar-refractivity contribution >= 4 is 5.91 Å². The second kappa shape index (κ2) is 6.98. The van der Waals surface area contributed by atoms with Crippen molar-refractivity contribution in [1.29, 1.82) is 0 Å². The highest BCUT2D eigenvalue weighted by Gasteiger charge is 2.22. The first-order chi connectivity index (χ1) is 10.0. The maximum atomic E-state index is 13.1. The first kappa shape index (κ1) is 15.9. The number of aryl methyl sites for hydroxylation is 1. The summed E-state index contributed by atoms with van der Waals surface area (Å²) in [5, 5.41) is 19.1. The highest BCUT2D eigenvalue weighted by Crippen LogP contribution is 2.20. The third-order valence-electron chi connectivity index (χ3n) is 3.88. The van der Waals surface area contributed by atoms with E-state index in [-0.39, 0.29) is 11.7 Å². The van der Waals surface area contributed by atoms with E-state index in [0.717, 1.165) is 11.1 Å². The van der Waals surface area contributed by atoms with Crippen LogP contribution in [0.15, 0.2) is 18.2 Å². The number of piperazine rings is 1. The van der Waals surface area contributed by atoms with Gasteiger partial charge in [0.15, 0.2) is 0 Å². The van der Waals surface area contributed by atoms with E-state index in [2.05, 4.69) is 4.90 Å². The summed E-state index contributed by atoms with van der Waals surface area (Å²) in [6.07, 6.45) is -0.675. The minimum atomic E-state index is -0.675. The van der Waals surface area contributed by atoms with Gasteiger partial charge in [-0.05, 0) is 30.2 Å². The van der Waals surface area contributed by atoms with Gasteiger partial charge in [-0.2, -0.15) is 0 Å². The summed E-state index contributed by atoms with van der Waals surface area (Å²) in [4.78, 5) is 15.0. The van der Waals surface area contributed by atoms with Gasteiger partial charge in [-0.25, -0.2) is 4.39 Å². The lowest BCUT2D eigenvalue weighted by atomic mass is 10.0. The Balaban J connectivity index is 1.89. The van der Waals surface area contributed by atoms with E-state index in [9.17, 15) is 14.3 Å². The van der Waals surface area contributed by atoms with Gasteiger partial charge in [0, 0.05) is 32.7 Å². The number of hydrogen-bond acceptors (Lipinski definition) is 4. The topological polar surface area (TPSA) is 64.0 Å². The van der Waals surface area contributed by atoms with Crippen LogP contribution in [0.4, 0.5) is 4.39 Å². The molecule has 1 aliphatic rings. The summed E-state index contributed by atoms with van der Waals surface area (Å²) in [5.74, 6) is -0.566. The summed E-state index contributed by atoms with van der Waals surface area (Å²) in [6.45, 7) is 4.18. The molecule has 0 bridgehead atoms. The van der Waals surface area contributed by atoms with Crippen LogP contribution in [-0.2, 0) is 4.79 Å². The van der Waals surface area contributed by atoms with Crippen LogP contribution >= 0.6 is 0 Å². The molecular formula is C15H21FN2O3. The molecule has 2 rings (SSSR count). The van der Waals surface area contributed by atoms with Crippen molar-refractivity contribution in [3.05, 3.63) is 35.1 Å². The van der Waals surface area contributed by atoms with Gasteiger partial charge in [-0.15, -0.1) is 0 Å². The molecule has 1 unspecified atom stereocenters. The zero-order valence-corrected chi connectivity index (χ0v) is 12.1. The van der Waals surface area contributed by atoms with Crippen LogP contribution in [0.2, 0.25) is 0 Å². The summed E-state index contributed by atoms with van der Waals surface area (Å²) in [7, 11) is 0. The number of nitrogens with zero attached hydrogens (tertiary/aromatic N) is 2. The number of aliphatic hydroxyl groups excluding tert-OH is 2. The zero-order valence-electron chi connectivity index (χ0n) is 12.1. The van der Waals surface area contributed by atoms with Gasteiger partial charge in [0.1, 0.15) is 12.4 Å². The fourth-order valence-electron chi connectivity index (χ4n) is 2.64. The van der Waals surface area contributed by atoms with Crippen molar-refractivity contribution in [2.75, 3.05) is 39.3 Å². The molecule has 1 heterocycles. The van der Waals surface area contributed by atoms with Gasteiger partial charge in [-0.1, -0.05) is 6.07 Å². The van der Waals surface area contributed by atoms with Crippen molar-refractivity contribution in [2.24, 2.45) is 0 Å². The Kier molecular flexibility index (Phi) is 5.27. The van der Waals surface area contributed by atoms with Crippen LogP contribution in [0.3, 0.4) is 0 Å². The van der Waals surface area contributed by atoms with Gasteiger partial charge in [0.2, 0.25) is 5.91 Å². The number of carbonyl (C=O) groups is 1. The van der Waals surface area contributed by atoms with Crippen LogP contribution in [0.5, 0.6) is 0 Å². The molecule has 116 valence electrons. The summed E-state index contributed by atoms with van der Waals surface area (Å²) in [5.41, 5.74) is 1.46. The molecule has 1 saturated heterocycles. The molecule has 6 heteroatoms. The monoisotopic (exact) mass is 296 g/mol. The molecule has 1 aromatic carbocycles. The van der Waals surface area contributed by atoms with Crippen LogP contribution in [0.1, 0.15) is 17.2 Å². The van der Waals surface area contributed by atoms with Crippen LogP contribution in [0, 0.1) is 12.7 Å². The predicted molar refractivity (Wildman–Crippen MR) is 76.2 cm³/mol. The molecule has 1 fully saturated rings. The molecule has 21 heavy (non-hydrogen) atoms. The predicted octanol–water partition coefficient (Wildman–Crippen LogP) is 0.304. The van der Waals surface area contributed by atoms with Crippen LogP contribution in [-0.4, -0.2) is 65.3 Å². The van der Waals surface area contributed by atoms with Crippen LogP contribution in [0.25, 0.3) is 0 Å². The highest BCUT2D eigenvalue weighted by atomic mass is 19.1. The van der Waals surface area contributed by atoms with Crippen molar-refractivity contribution < 1.29 is 19.4 Å². The minimum Gasteiger partial charge on any atom is -0.387 e. The molecular weight excluding hydrogens is 275 g/mol. The molecule has 2 N–H and O–H groups in total. The number of benzene rings is 1. The Morgan fingerprint density at radius 3 is 2.57 bits per heavy atom. The Bertz CT molecular complexity index is 502. The SMILES string of the molecule is Cc1cc(F)ccc1C(O)CN1CCN(C(=O)CO)CC1. The maximum Gasteiger partial charge on any atom is 0.248 e. The van der Waals surface area contributed by atoms with E-state index in [1.807, 2.05) is 0 Å². The van der Waals surface area contributed by atoms with Crippen molar-refractivity contribution in [3.8, 4) is 0 Å². The fraction of sp³-hybridized carbons (Fsp3) is 0.533. The fourth-order valence-corrected chi connectivity index (χ4v) is 2.64. The van der Waals surface area contributed by atoms with Crippen molar-refractivity contribution in [3.63, 3.8) is 0 Å². The molecule has 1 amide bonds. The molecule has 5 nitrogen and oxygen atoms in total. The molecule has 0 aromatic heterocycles. The van der Waals surface area contributed by atoms with E-state index in [1.165, 1.54) is 12.1 Å². The number of aliphatic hydroxyl groups is 2. The molecule has 0 saturated carbocycles. The molecule has 1 aromatic rings. The van der Waals surface area contributed by atoms with Gasteiger partial charge in [0.05, 0.1) is 6.10 Å². The maximum absolute atomic E-state index is 13.1. The Morgan fingerprint density at radius 2 is 2.00 bits per heavy atom. The lowest BCUT2D eigenvalue weighted by Crippen LogP contribution is -2.50. The number of halogens is 1. The lowest BCUT2D eigenvalue weighted by molar-refractivity contribution is -0.136. The van der Waals surface area contributed by atoms with Crippen molar-refractivity contribution in [2.45, 2.75) is 13.0 Å². The number of β-amino-alcohol motifs (C(OH)–C–C–N with tert-alkyl or cyclic N) is 1. The molecule has 0 aliphatic carbocycles. The van der Waals surface area contributed by atoms with E-state index < -0.39 is 12.7 Å². The Labute approximate surface area is 123 Å². The lowest BCUT2D eigenvalue weighted by Gasteiger charge is -2.35. The molecule has 1 atom stereocenters. The normalized spacial score (nSPS) is 17.8. The second-order valence-electron chi connectivity index (χ2n) is 5.36. The van der Waals surface area contributed by atoms with E-state index in [4.69, 9.17) is 5.11 Å². The van der Waals surface area contributed by atoms with Gasteiger partial charge < -0.3 is 15.1 Å². The third kappa shape index (κ3) is 4.00.